The topological polar surface area (TPSA) is 37.4 Å². The second-order valence-electron chi connectivity index (χ2n) is 4.06. The van der Waals surface area contributed by atoms with E-state index in [9.17, 15) is 0 Å². The lowest BCUT2D eigenvalue weighted by atomic mass is 10.2. The number of nitrogens with one attached hydrogen (secondary N) is 1. The second-order valence-corrected chi connectivity index (χ2v) is 4.98. The summed E-state index contributed by atoms with van der Waals surface area (Å²) >= 11 is 3.41. The summed E-state index contributed by atoms with van der Waals surface area (Å²) in [5.41, 5.74) is 0. The average Bonchev–Trinajstić information content (AvgIpc) is 2.38. The monoisotopic (exact) mass is 299 g/mol. The number of ether oxygens (including phenoxy) is 1. The summed E-state index contributed by atoms with van der Waals surface area (Å²) in [7, 11) is 0. The molecule has 1 N–H and O–H groups in total. The summed E-state index contributed by atoms with van der Waals surface area (Å²) in [6.07, 6.45) is 1.84. The normalized spacial score (nSPS) is 20.6. The molecule has 5 heteroatoms. The van der Waals surface area contributed by atoms with Crippen LogP contribution in [0.25, 0.3) is 0 Å². The van der Waals surface area contributed by atoms with E-state index >= 15 is 0 Å². The lowest BCUT2D eigenvalue weighted by Gasteiger charge is -2.36. The average molecular weight is 300 g/mol. The van der Waals surface area contributed by atoms with E-state index in [2.05, 4.69) is 38.1 Å². The summed E-state index contributed by atoms with van der Waals surface area (Å²) in [5, 5.41) is 3.37. The number of aromatic nitrogens is 1. The van der Waals surface area contributed by atoms with E-state index in [1.54, 1.807) is 0 Å². The Morgan fingerprint density at radius 1 is 1.59 bits per heavy atom. The third-order valence-corrected chi connectivity index (χ3v) is 3.33. The third-order valence-electron chi connectivity index (χ3n) is 2.86. The number of halogens is 1. The van der Waals surface area contributed by atoms with Crippen molar-refractivity contribution in [3.63, 3.8) is 0 Å². The standard InChI is InChI=1S/C12H18BrN3O/c1-2-14-8-11-9-17-6-5-16(11)12-4-3-10(13)7-15-12/h3-4,7,11,14H,2,5-6,8-9H2,1H3. The molecule has 0 amide bonds. The maximum absolute atomic E-state index is 5.54. The van der Waals surface area contributed by atoms with E-state index in [4.69, 9.17) is 4.74 Å². The molecule has 0 radical (unpaired) electrons. The molecule has 1 aliphatic rings. The van der Waals surface area contributed by atoms with E-state index in [1.165, 1.54) is 0 Å². The van der Waals surface area contributed by atoms with Crippen LogP contribution in [0.1, 0.15) is 6.92 Å². The molecule has 2 rings (SSSR count). The zero-order valence-electron chi connectivity index (χ0n) is 10.0. The number of rotatable bonds is 4. The molecule has 1 aromatic rings. The Bertz CT molecular complexity index is 344. The van der Waals surface area contributed by atoms with E-state index in [0.29, 0.717) is 6.04 Å². The van der Waals surface area contributed by atoms with Gasteiger partial charge in [-0.05, 0) is 34.6 Å². The van der Waals surface area contributed by atoms with Crippen LogP contribution < -0.4 is 10.2 Å². The van der Waals surface area contributed by atoms with E-state index in [1.807, 2.05) is 18.3 Å². The molecule has 0 bridgehead atoms. The fourth-order valence-electron chi connectivity index (χ4n) is 1.97. The van der Waals surface area contributed by atoms with Gasteiger partial charge in [0.05, 0.1) is 19.3 Å². The predicted molar refractivity (Wildman–Crippen MR) is 72.4 cm³/mol. The molecule has 1 saturated heterocycles. The van der Waals surface area contributed by atoms with Gasteiger partial charge >= 0.3 is 0 Å². The molecule has 0 aliphatic carbocycles. The zero-order valence-corrected chi connectivity index (χ0v) is 11.6. The first kappa shape index (κ1) is 12.8. The smallest absolute Gasteiger partial charge is 0.129 e. The first-order chi connectivity index (χ1) is 8.31. The van der Waals surface area contributed by atoms with Gasteiger partial charge in [0, 0.05) is 23.8 Å². The van der Waals surface area contributed by atoms with Crippen molar-refractivity contribution in [3.8, 4) is 0 Å². The number of nitrogens with zero attached hydrogens (tertiary/aromatic N) is 2. The maximum Gasteiger partial charge on any atom is 0.129 e. The van der Waals surface area contributed by atoms with Gasteiger partial charge in [-0.15, -0.1) is 0 Å². The zero-order chi connectivity index (χ0) is 12.1. The SMILES string of the molecule is CCNCC1COCCN1c1ccc(Br)cn1. The Morgan fingerprint density at radius 2 is 2.47 bits per heavy atom. The Morgan fingerprint density at radius 3 is 3.18 bits per heavy atom. The highest BCUT2D eigenvalue weighted by atomic mass is 79.9. The molecule has 0 spiro atoms. The lowest BCUT2D eigenvalue weighted by Crippen LogP contribution is -2.50. The Kier molecular flexibility index (Phi) is 4.76. The Hall–Kier alpha value is -0.650. The van der Waals surface area contributed by atoms with Crippen molar-refractivity contribution in [1.82, 2.24) is 10.3 Å². The van der Waals surface area contributed by atoms with Crippen molar-refractivity contribution in [2.75, 3.05) is 37.7 Å². The van der Waals surface area contributed by atoms with Crippen LogP contribution in [0.5, 0.6) is 0 Å². The molecule has 4 nitrogen and oxygen atoms in total. The molecule has 1 atom stereocenters. The number of likely N-dealkylation sites (N-methyl/N-ethyl adjacent to an activating group) is 1. The lowest BCUT2D eigenvalue weighted by molar-refractivity contribution is 0.0935. The van der Waals surface area contributed by atoms with Crippen molar-refractivity contribution >= 4 is 21.7 Å². The van der Waals surface area contributed by atoms with Crippen LogP contribution in [-0.2, 0) is 4.74 Å². The van der Waals surface area contributed by atoms with Gasteiger partial charge in [0.1, 0.15) is 5.82 Å². The Balaban J connectivity index is 2.07. The first-order valence-electron chi connectivity index (χ1n) is 5.98. The summed E-state index contributed by atoms with van der Waals surface area (Å²) in [6, 6.07) is 4.45. The molecule has 1 fully saturated rings. The molecular formula is C12H18BrN3O. The second kappa shape index (κ2) is 6.33. The van der Waals surface area contributed by atoms with Gasteiger partial charge < -0.3 is 15.0 Å². The van der Waals surface area contributed by atoms with E-state index < -0.39 is 0 Å². The fourth-order valence-corrected chi connectivity index (χ4v) is 2.21. The van der Waals surface area contributed by atoms with Crippen LogP contribution in [0.4, 0.5) is 5.82 Å². The van der Waals surface area contributed by atoms with E-state index in [-0.39, 0.29) is 0 Å². The molecular weight excluding hydrogens is 282 g/mol. The summed E-state index contributed by atoms with van der Waals surface area (Å²) in [4.78, 5) is 6.77. The highest BCUT2D eigenvalue weighted by Gasteiger charge is 2.23. The van der Waals surface area contributed by atoms with Crippen molar-refractivity contribution in [2.45, 2.75) is 13.0 Å². The van der Waals surface area contributed by atoms with Crippen molar-refractivity contribution in [3.05, 3.63) is 22.8 Å². The largest absolute Gasteiger partial charge is 0.377 e. The molecule has 1 aromatic heterocycles. The van der Waals surface area contributed by atoms with E-state index in [0.717, 1.165) is 43.1 Å². The van der Waals surface area contributed by atoms with Gasteiger partial charge in [0.2, 0.25) is 0 Å². The van der Waals surface area contributed by atoms with Gasteiger partial charge in [0.25, 0.3) is 0 Å². The maximum atomic E-state index is 5.54. The van der Waals surface area contributed by atoms with Crippen LogP contribution in [0, 0.1) is 0 Å². The highest BCUT2D eigenvalue weighted by Crippen LogP contribution is 2.19. The molecule has 1 unspecified atom stereocenters. The van der Waals surface area contributed by atoms with Crippen LogP contribution in [0.15, 0.2) is 22.8 Å². The molecule has 17 heavy (non-hydrogen) atoms. The molecule has 0 saturated carbocycles. The molecule has 1 aliphatic heterocycles. The van der Waals surface area contributed by atoms with Crippen LogP contribution in [0.2, 0.25) is 0 Å². The number of morpholine rings is 1. The summed E-state index contributed by atoms with van der Waals surface area (Å²) < 4.78 is 6.55. The highest BCUT2D eigenvalue weighted by molar-refractivity contribution is 9.10. The van der Waals surface area contributed by atoms with Crippen LogP contribution >= 0.6 is 15.9 Å². The van der Waals surface area contributed by atoms with Gasteiger partial charge in [-0.3, -0.25) is 0 Å². The predicted octanol–water partition coefficient (Wildman–Crippen LogP) is 1.66. The summed E-state index contributed by atoms with van der Waals surface area (Å²) in [6.45, 7) is 6.49. The number of hydrogen-bond acceptors (Lipinski definition) is 4. The quantitative estimate of drug-likeness (QED) is 0.917. The number of anilines is 1. The molecule has 94 valence electrons. The minimum absolute atomic E-state index is 0.373. The van der Waals surface area contributed by atoms with Gasteiger partial charge in [0.15, 0.2) is 0 Å². The number of hydrogen-bond donors (Lipinski definition) is 1. The third kappa shape index (κ3) is 3.40. The summed E-state index contributed by atoms with van der Waals surface area (Å²) in [5.74, 6) is 1.03. The Labute approximate surface area is 110 Å². The molecule has 0 aromatic carbocycles. The van der Waals surface area contributed by atoms with Crippen LogP contribution in [-0.4, -0.2) is 43.9 Å². The van der Waals surface area contributed by atoms with Crippen molar-refractivity contribution in [2.24, 2.45) is 0 Å². The minimum Gasteiger partial charge on any atom is -0.377 e. The van der Waals surface area contributed by atoms with Gasteiger partial charge in [-0.2, -0.15) is 0 Å². The number of pyridine rings is 1. The first-order valence-corrected chi connectivity index (χ1v) is 6.77. The minimum atomic E-state index is 0.373. The van der Waals surface area contributed by atoms with Crippen molar-refractivity contribution in [1.29, 1.82) is 0 Å². The van der Waals surface area contributed by atoms with Crippen molar-refractivity contribution < 1.29 is 4.74 Å². The fraction of sp³-hybridized carbons (Fsp3) is 0.583. The van der Waals surface area contributed by atoms with Crippen LogP contribution in [0.3, 0.4) is 0 Å². The molecule has 2 heterocycles. The van der Waals surface area contributed by atoms with Gasteiger partial charge in [-0.1, -0.05) is 6.92 Å². The van der Waals surface area contributed by atoms with Gasteiger partial charge in [-0.25, -0.2) is 4.98 Å².